The third-order valence-electron chi connectivity index (χ3n) is 4.19. The van der Waals surface area contributed by atoms with Crippen molar-refractivity contribution in [3.8, 4) is 11.8 Å². The standard InChI is InChI=1S/C22H21ClN2O3S3/c1-3-4-5-6-7-12-29-22-25-19-11-8-15(13-20(19)30-22)24-21(26)17-10-9-16(14-18(17)23)31(2,27)28/h8-11,13-14H,3-4,7,12H2,1-2H3,(H,24,26). The molecule has 162 valence electrons. The van der Waals surface area contributed by atoms with Crippen molar-refractivity contribution in [1.29, 1.82) is 0 Å². The van der Waals surface area contributed by atoms with Gasteiger partial charge in [0.05, 0.1) is 25.7 Å². The summed E-state index contributed by atoms with van der Waals surface area (Å²) in [7, 11) is -3.39. The van der Waals surface area contributed by atoms with Crippen molar-refractivity contribution in [2.24, 2.45) is 0 Å². The first kappa shape index (κ1) is 23.6. The minimum atomic E-state index is -3.39. The molecule has 3 rings (SSSR count). The van der Waals surface area contributed by atoms with Crippen molar-refractivity contribution in [2.75, 3.05) is 17.3 Å². The van der Waals surface area contributed by atoms with Crippen LogP contribution in [-0.4, -0.2) is 31.3 Å². The van der Waals surface area contributed by atoms with E-state index in [2.05, 4.69) is 29.1 Å². The Bertz CT molecular complexity index is 1270. The number of rotatable bonds is 7. The Labute approximate surface area is 195 Å². The van der Waals surface area contributed by atoms with E-state index in [9.17, 15) is 13.2 Å². The van der Waals surface area contributed by atoms with Gasteiger partial charge < -0.3 is 5.32 Å². The van der Waals surface area contributed by atoms with Crippen LogP contribution in [-0.2, 0) is 9.84 Å². The number of sulfone groups is 1. The fraction of sp³-hybridized carbons (Fsp3) is 0.273. The second-order valence-electron chi connectivity index (χ2n) is 6.73. The molecule has 0 saturated heterocycles. The number of anilines is 1. The fourth-order valence-corrected chi connectivity index (χ4v) is 5.65. The monoisotopic (exact) mass is 492 g/mol. The van der Waals surface area contributed by atoms with Crippen LogP contribution in [0.5, 0.6) is 0 Å². The van der Waals surface area contributed by atoms with Crippen LogP contribution < -0.4 is 5.32 Å². The minimum Gasteiger partial charge on any atom is -0.322 e. The van der Waals surface area contributed by atoms with Gasteiger partial charge in [-0.2, -0.15) is 0 Å². The molecule has 9 heteroatoms. The number of aromatic nitrogens is 1. The first-order chi connectivity index (χ1) is 14.8. The molecule has 5 nitrogen and oxygen atoms in total. The number of carbonyl (C=O) groups is 1. The Morgan fingerprint density at radius 2 is 1.97 bits per heavy atom. The van der Waals surface area contributed by atoms with Crippen molar-refractivity contribution in [2.45, 2.75) is 35.4 Å². The Kier molecular flexibility index (Phi) is 8.00. The number of nitrogens with one attached hydrogen (secondary N) is 1. The summed E-state index contributed by atoms with van der Waals surface area (Å²) in [5, 5.41) is 2.89. The van der Waals surface area contributed by atoms with E-state index >= 15 is 0 Å². The minimum absolute atomic E-state index is 0.0708. The van der Waals surface area contributed by atoms with Crippen molar-refractivity contribution < 1.29 is 13.2 Å². The van der Waals surface area contributed by atoms with Crippen LogP contribution in [0, 0.1) is 11.8 Å². The summed E-state index contributed by atoms with van der Waals surface area (Å²) < 4.78 is 25.2. The van der Waals surface area contributed by atoms with E-state index in [-0.39, 0.29) is 15.5 Å². The van der Waals surface area contributed by atoms with Gasteiger partial charge in [0, 0.05) is 30.5 Å². The second kappa shape index (κ2) is 10.5. The summed E-state index contributed by atoms with van der Waals surface area (Å²) in [6.07, 6.45) is 3.94. The second-order valence-corrected chi connectivity index (χ2v) is 11.5. The van der Waals surface area contributed by atoms with Gasteiger partial charge in [-0.05, 0) is 42.8 Å². The largest absolute Gasteiger partial charge is 0.322 e. The number of unbranched alkanes of at least 4 members (excludes halogenated alkanes) is 1. The Morgan fingerprint density at radius 3 is 2.68 bits per heavy atom. The average Bonchev–Trinajstić information content (AvgIpc) is 3.11. The molecule has 3 aromatic rings. The summed E-state index contributed by atoms with van der Waals surface area (Å²) in [4.78, 5) is 17.3. The maximum absolute atomic E-state index is 12.6. The van der Waals surface area contributed by atoms with E-state index in [1.807, 2.05) is 12.1 Å². The molecular formula is C22H21ClN2O3S3. The van der Waals surface area contributed by atoms with E-state index < -0.39 is 15.7 Å². The zero-order valence-corrected chi connectivity index (χ0v) is 20.3. The van der Waals surface area contributed by atoms with Crippen molar-refractivity contribution in [1.82, 2.24) is 4.98 Å². The summed E-state index contributed by atoms with van der Waals surface area (Å²) in [6.45, 7) is 2.12. The van der Waals surface area contributed by atoms with E-state index in [4.69, 9.17) is 11.6 Å². The SMILES string of the molecule is CCCC#CCCSc1nc2ccc(NC(=O)c3ccc(S(C)(=O)=O)cc3Cl)cc2s1. The van der Waals surface area contributed by atoms with Crippen LogP contribution in [0.2, 0.25) is 5.02 Å². The van der Waals surface area contributed by atoms with Gasteiger partial charge >= 0.3 is 0 Å². The number of benzene rings is 2. The Morgan fingerprint density at radius 1 is 1.19 bits per heavy atom. The number of thioether (sulfide) groups is 1. The maximum atomic E-state index is 12.6. The predicted molar refractivity (Wildman–Crippen MR) is 130 cm³/mol. The van der Waals surface area contributed by atoms with Crippen LogP contribution in [0.15, 0.2) is 45.6 Å². The maximum Gasteiger partial charge on any atom is 0.257 e. The van der Waals surface area contributed by atoms with E-state index in [1.165, 1.54) is 18.2 Å². The molecule has 31 heavy (non-hydrogen) atoms. The summed E-state index contributed by atoms with van der Waals surface area (Å²) in [5.74, 6) is 6.79. The summed E-state index contributed by atoms with van der Waals surface area (Å²) in [5.41, 5.74) is 1.70. The number of thiazole rings is 1. The number of nitrogens with zero attached hydrogens (tertiary/aromatic N) is 1. The lowest BCUT2D eigenvalue weighted by molar-refractivity contribution is 0.102. The van der Waals surface area contributed by atoms with Crippen LogP contribution >= 0.6 is 34.7 Å². The smallest absolute Gasteiger partial charge is 0.257 e. The number of halogens is 1. The quantitative estimate of drug-likeness (QED) is 0.253. The lowest BCUT2D eigenvalue weighted by Crippen LogP contribution is -2.12. The molecule has 0 bridgehead atoms. The number of fused-ring (bicyclic) bond motifs is 1. The molecule has 0 aliphatic carbocycles. The molecule has 0 radical (unpaired) electrons. The molecule has 0 aliphatic rings. The van der Waals surface area contributed by atoms with Gasteiger partial charge in [0.25, 0.3) is 5.91 Å². The van der Waals surface area contributed by atoms with Gasteiger partial charge in [-0.1, -0.05) is 30.3 Å². The number of hydrogen-bond acceptors (Lipinski definition) is 6. The van der Waals surface area contributed by atoms with E-state index in [0.717, 1.165) is 45.8 Å². The molecule has 1 amide bonds. The molecule has 1 aromatic heterocycles. The first-order valence-electron chi connectivity index (χ1n) is 9.58. The van der Waals surface area contributed by atoms with Gasteiger partial charge in [-0.3, -0.25) is 4.79 Å². The van der Waals surface area contributed by atoms with Crippen LogP contribution in [0.4, 0.5) is 5.69 Å². The molecule has 2 aromatic carbocycles. The number of amides is 1. The normalized spacial score (nSPS) is 11.2. The van der Waals surface area contributed by atoms with E-state index in [0.29, 0.717) is 5.69 Å². The lowest BCUT2D eigenvalue weighted by atomic mass is 10.2. The van der Waals surface area contributed by atoms with Crippen molar-refractivity contribution >= 4 is 66.3 Å². The Balaban J connectivity index is 1.68. The van der Waals surface area contributed by atoms with Crippen molar-refractivity contribution in [3.05, 3.63) is 47.0 Å². The summed E-state index contributed by atoms with van der Waals surface area (Å²) in [6, 6.07) is 9.59. The third kappa shape index (κ3) is 6.47. The highest BCUT2D eigenvalue weighted by molar-refractivity contribution is 8.01. The molecular weight excluding hydrogens is 472 g/mol. The molecule has 0 fully saturated rings. The van der Waals surface area contributed by atoms with Gasteiger partial charge in [0.15, 0.2) is 14.2 Å². The predicted octanol–water partition coefficient (Wildman–Crippen LogP) is 5.89. The third-order valence-corrected chi connectivity index (χ3v) is 7.78. The lowest BCUT2D eigenvalue weighted by Gasteiger charge is -2.08. The molecule has 0 spiro atoms. The van der Waals surface area contributed by atoms with Crippen LogP contribution in [0.1, 0.15) is 36.5 Å². The zero-order chi connectivity index (χ0) is 22.4. The first-order valence-corrected chi connectivity index (χ1v) is 13.6. The van der Waals surface area contributed by atoms with Gasteiger partial charge in [-0.15, -0.1) is 23.2 Å². The molecule has 0 aliphatic heterocycles. The topological polar surface area (TPSA) is 76.1 Å². The molecule has 1 N–H and O–H groups in total. The van der Waals surface area contributed by atoms with Gasteiger partial charge in [0.2, 0.25) is 0 Å². The highest BCUT2D eigenvalue weighted by Crippen LogP contribution is 2.32. The van der Waals surface area contributed by atoms with Crippen LogP contribution in [0.3, 0.4) is 0 Å². The molecule has 1 heterocycles. The molecule has 0 atom stereocenters. The highest BCUT2D eigenvalue weighted by Gasteiger charge is 2.15. The Hall–Kier alpha value is -2.05. The van der Waals surface area contributed by atoms with Crippen LogP contribution in [0.25, 0.3) is 10.2 Å². The number of carbonyl (C=O) groups excluding carboxylic acids is 1. The number of hydrogen-bond donors (Lipinski definition) is 1. The highest BCUT2D eigenvalue weighted by atomic mass is 35.5. The zero-order valence-electron chi connectivity index (χ0n) is 17.1. The molecule has 0 unspecified atom stereocenters. The fourth-order valence-electron chi connectivity index (χ4n) is 2.64. The van der Waals surface area contributed by atoms with Gasteiger partial charge in [0.1, 0.15) is 0 Å². The molecule has 0 saturated carbocycles. The average molecular weight is 493 g/mol. The van der Waals surface area contributed by atoms with Gasteiger partial charge in [-0.25, -0.2) is 13.4 Å². The van der Waals surface area contributed by atoms with Crippen molar-refractivity contribution in [3.63, 3.8) is 0 Å². The summed E-state index contributed by atoms with van der Waals surface area (Å²) >= 11 is 9.38. The van der Waals surface area contributed by atoms with E-state index in [1.54, 1.807) is 29.2 Å².